The van der Waals surface area contributed by atoms with Gasteiger partial charge < -0.3 is 96.0 Å². The number of aliphatic carboxylic acids is 5. The molecule has 0 saturated heterocycles. The van der Waals surface area contributed by atoms with Gasteiger partial charge in [0.15, 0.2) is 5.96 Å². The Morgan fingerprint density at radius 2 is 0.827 bits per heavy atom. The van der Waals surface area contributed by atoms with E-state index in [-0.39, 0.29) is 120 Å². The topological polar surface area (TPSA) is 563 Å². The van der Waals surface area contributed by atoms with Crippen LogP contribution >= 0.6 is 12.6 Å². The van der Waals surface area contributed by atoms with E-state index < -0.39 is 102 Å². The van der Waals surface area contributed by atoms with Crippen molar-refractivity contribution < 1.29 is 149 Å². The number of aromatic amines is 1. The number of nitrogens with zero attached hydrogens (tertiary/aromatic N) is 5. The molecule has 32 nitrogen and oxygen atoms in total. The number of carbonyl (C=O) groups is 12. The van der Waals surface area contributed by atoms with Crippen LogP contribution in [0.1, 0.15) is 102 Å². The van der Waals surface area contributed by atoms with E-state index in [9.17, 15) is 99.4 Å². The number of nitrogens with one attached hydrogen (secondary N) is 3. The molecule has 98 heavy (non-hydrogen) atoms. The average molecular weight is 1480 g/mol. The standard InChI is InChI=1S/C40H75N15O7S.5C2HF3O2/c41-16-7-2-5-14-35(58)55(24-21-49-38(61)31(11-9-19-51-40(46)47)53(22-18-43)36(59)15-25-63)32(26-29-27-48-28-52-29)39(62)50-20-23-54(30(37(45)60)10-6-8-17-42)34(57)13-4-1-3-12-33(44)56;5*3-2(4,5)1(6)7/h27-28,30-32,63H,1-26,41-43H2,(H2,44,56)(H2,45,60)(H,48,52)(H,49,61)(H,50,62)(H4,46,47,51);5*(H,6,7)/t30-,31-,32-;;;;;/m0...../s1. The largest absolute Gasteiger partial charge is 0.490 e. The highest BCUT2D eigenvalue weighted by Crippen LogP contribution is 2.19. The lowest BCUT2D eigenvalue weighted by Crippen LogP contribution is -2.56. The summed E-state index contributed by atoms with van der Waals surface area (Å²) in [5.74, 6) is -16.8. The molecule has 22 N–H and O–H groups in total. The third kappa shape index (κ3) is 51.6. The predicted molar refractivity (Wildman–Crippen MR) is 313 cm³/mol. The van der Waals surface area contributed by atoms with Crippen LogP contribution in [0, 0.1) is 0 Å². The van der Waals surface area contributed by atoms with Gasteiger partial charge in [0.05, 0.1) is 6.33 Å². The Labute approximate surface area is 552 Å². The lowest BCUT2D eigenvalue weighted by atomic mass is 10.0. The Balaban J connectivity index is -0.000000660. The molecule has 1 aromatic rings. The van der Waals surface area contributed by atoms with Crippen molar-refractivity contribution in [1.82, 2.24) is 35.3 Å². The first-order valence-corrected chi connectivity index (χ1v) is 28.8. The number of imidazole rings is 1. The number of alkyl halides is 15. The molecule has 0 spiro atoms. The lowest BCUT2D eigenvalue weighted by molar-refractivity contribution is -0.193. The molecule has 0 aliphatic rings. The second-order valence-electron chi connectivity index (χ2n) is 19.2. The van der Waals surface area contributed by atoms with Crippen LogP contribution in [-0.4, -0.2) is 241 Å². The summed E-state index contributed by atoms with van der Waals surface area (Å²) in [5.41, 5.74) is 39.8. The molecule has 7 amide bonds. The molecule has 0 aliphatic carbocycles. The Bertz CT molecular complexity index is 2470. The molecule has 1 aromatic heterocycles. The number of rotatable bonds is 37. The van der Waals surface area contributed by atoms with Crippen molar-refractivity contribution in [2.24, 2.45) is 45.1 Å². The number of halogens is 15. The molecule has 0 radical (unpaired) electrons. The normalized spacial score (nSPS) is 12.0. The maximum absolute atomic E-state index is 14.3. The SMILES string of the molecule is NCCCCCC(=O)N(CCNC(=O)[C@H](CCCN=C(N)N)N(CCN)C(=O)CCS)[C@@H](Cc1cnc[nH]1)C(=O)NCCN(C(=O)CCCCCC(N)=O)[C@@H](CCCCN)C(N)=O.O=C(O)C(F)(F)F.O=C(O)C(F)(F)F.O=C(O)C(F)(F)F.O=C(O)C(F)(F)F.O=C(O)C(F)(F)F. The zero-order valence-electron chi connectivity index (χ0n) is 51.8. The van der Waals surface area contributed by atoms with Gasteiger partial charge in [-0.3, -0.25) is 38.6 Å². The summed E-state index contributed by atoms with van der Waals surface area (Å²) >= 11 is 4.19. The number of hydrogen-bond donors (Lipinski definition) is 16. The third-order valence-corrected chi connectivity index (χ3v) is 11.7. The maximum atomic E-state index is 14.3. The van der Waals surface area contributed by atoms with Crippen LogP contribution < -0.4 is 50.8 Å². The second kappa shape index (κ2) is 51.5. The van der Waals surface area contributed by atoms with E-state index >= 15 is 0 Å². The van der Waals surface area contributed by atoms with Gasteiger partial charge in [-0.05, 0) is 76.6 Å². The maximum Gasteiger partial charge on any atom is 0.490 e. The molecule has 0 aromatic carbocycles. The second-order valence-corrected chi connectivity index (χ2v) is 19.7. The molecule has 48 heteroatoms. The van der Waals surface area contributed by atoms with Crippen molar-refractivity contribution in [3.63, 3.8) is 0 Å². The highest BCUT2D eigenvalue weighted by atomic mass is 32.1. The molecule has 0 bridgehead atoms. The van der Waals surface area contributed by atoms with Crippen LogP contribution in [-0.2, 0) is 64.0 Å². The number of carbonyl (C=O) groups excluding carboxylic acids is 7. The number of unbranched alkanes of at least 4 members (excludes halogenated alkanes) is 5. The van der Waals surface area contributed by atoms with Gasteiger partial charge in [0.2, 0.25) is 41.4 Å². The van der Waals surface area contributed by atoms with E-state index in [1.165, 1.54) is 27.2 Å². The summed E-state index contributed by atoms with van der Waals surface area (Å²) in [6, 6.07) is -2.98. The van der Waals surface area contributed by atoms with Crippen LogP contribution in [0.4, 0.5) is 65.9 Å². The summed E-state index contributed by atoms with van der Waals surface area (Å²) in [4.78, 5) is 153. The fraction of sp³-hybridized carbons (Fsp3) is 0.680. The van der Waals surface area contributed by atoms with Crippen molar-refractivity contribution in [3.05, 3.63) is 18.2 Å². The Hall–Kier alpha value is -8.70. The van der Waals surface area contributed by atoms with E-state index in [4.69, 9.17) is 89.6 Å². The van der Waals surface area contributed by atoms with E-state index in [0.29, 0.717) is 76.6 Å². The fourth-order valence-electron chi connectivity index (χ4n) is 7.02. The minimum Gasteiger partial charge on any atom is -0.475 e. The minimum atomic E-state index is -5.08. The van der Waals surface area contributed by atoms with Crippen LogP contribution in [0.15, 0.2) is 17.5 Å². The zero-order valence-corrected chi connectivity index (χ0v) is 52.7. The number of H-pyrrole nitrogens is 1. The Morgan fingerprint density at radius 1 is 0.480 bits per heavy atom. The van der Waals surface area contributed by atoms with Crippen LogP contribution in [0.3, 0.4) is 0 Å². The van der Waals surface area contributed by atoms with Crippen molar-refractivity contribution in [1.29, 1.82) is 0 Å². The molecule has 1 heterocycles. The number of nitrogens with two attached hydrogens (primary N) is 7. The van der Waals surface area contributed by atoms with Crippen LogP contribution in [0.5, 0.6) is 0 Å². The van der Waals surface area contributed by atoms with Gasteiger partial charge in [-0.1, -0.05) is 12.8 Å². The highest BCUT2D eigenvalue weighted by molar-refractivity contribution is 7.80. The van der Waals surface area contributed by atoms with Crippen LogP contribution in [0.25, 0.3) is 0 Å². The Morgan fingerprint density at radius 3 is 1.16 bits per heavy atom. The summed E-state index contributed by atoms with van der Waals surface area (Å²) in [5, 5.41) is 41.4. The molecule has 0 fully saturated rings. The van der Waals surface area contributed by atoms with Gasteiger partial charge in [-0.2, -0.15) is 78.5 Å². The zero-order chi connectivity index (χ0) is 77.4. The minimum absolute atomic E-state index is 0.0290. The number of carboxylic acid groups (broad SMARTS) is 5. The number of aliphatic imine (C=N–C) groups is 1. The molecule has 568 valence electrons. The first kappa shape index (κ1) is 98.0. The molecule has 1 rings (SSSR count). The number of guanidine groups is 1. The van der Waals surface area contributed by atoms with E-state index in [1.54, 1.807) is 0 Å². The number of amides is 7. The van der Waals surface area contributed by atoms with E-state index in [0.717, 1.165) is 0 Å². The van der Waals surface area contributed by atoms with Gasteiger partial charge in [0, 0.05) is 89.8 Å². The lowest BCUT2D eigenvalue weighted by Gasteiger charge is -2.33. The number of hydrogen-bond acceptors (Lipinski definition) is 18. The van der Waals surface area contributed by atoms with Gasteiger partial charge in [-0.25, -0.2) is 29.0 Å². The number of carboxylic acids is 5. The number of thiol groups is 1. The molecule has 3 atom stereocenters. The highest BCUT2D eigenvalue weighted by Gasteiger charge is 2.41. The van der Waals surface area contributed by atoms with Gasteiger partial charge in [0.25, 0.3) is 0 Å². The number of aromatic nitrogens is 2. The smallest absolute Gasteiger partial charge is 0.475 e. The van der Waals surface area contributed by atoms with E-state index in [1.807, 2.05) is 0 Å². The molecule has 0 aliphatic heterocycles. The summed E-state index contributed by atoms with van der Waals surface area (Å²) in [7, 11) is 0. The average Bonchev–Trinajstić information content (AvgIpc) is 1.15. The van der Waals surface area contributed by atoms with Gasteiger partial charge >= 0.3 is 60.7 Å². The number of primary amides is 2. The van der Waals surface area contributed by atoms with Crippen molar-refractivity contribution >= 4 is 89.8 Å². The molecular weight excluding hydrogens is 1400 g/mol. The van der Waals surface area contributed by atoms with Crippen molar-refractivity contribution in [2.45, 2.75) is 152 Å². The summed E-state index contributed by atoms with van der Waals surface area (Å²) in [6.07, 6.45) is -16.5. The molecule has 0 saturated carbocycles. The van der Waals surface area contributed by atoms with Crippen molar-refractivity contribution in [3.8, 4) is 0 Å². The first-order valence-electron chi connectivity index (χ1n) is 28.2. The van der Waals surface area contributed by atoms with Crippen LogP contribution in [0.2, 0.25) is 0 Å². The monoisotopic (exact) mass is 1480 g/mol. The summed E-state index contributed by atoms with van der Waals surface area (Å²) < 4.78 is 159. The Kier molecular flexibility index (Phi) is 51.5. The fourth-order valence-corrected chi connectivity index (χ4v) is 7.21. The van der Waals surface area contributed by atoms with Crippen molar-refractivity contribution in [2.75, 3.05) is 64.7 Å². The quantitative estimate of drug-likeness (QED) is 0.0144. The summed E-state index contributed by atoms with van der Waals surface area (Å²) in [6.45, 7) is 0.990. The predicted octanol–water partition coefficient (Wildman–Crippen LogP) is 0.844. The molecule has 0 unspecified atom stereocenters. The third-order valence-electron chi connectivity index (χ3n) is 11.5. The molecular formula is C50H80F15N15O17S. The van der Waals surface area contributed by atoms with Gasteiger partial charge in [-0.15, -0.1) is 0 Å². The van der Waals surface area contributed by atoms with E-state index in [2.05, 4.69) is 38.2 Å². The van der Waals surface area contributed by atoms with Gasteiger partial charge in [0.1, 0.15) is 18.1 Å². The first-order chi connectivity index (χ1) is 44.9.